The minimum atomic E-state index is -0.838. The monoisotopic (exact) mass is 1010 g/mol. The number of nitrogens with one attached hydrogen (secondary N) is 2. The lowest BCUT2D eigenvalue weighted by atomic mass is 10.1. The number of nitrogens with zero attached hydrogens (tertiary/aromatic N) is 7. The number of aromatic amines is 1. The Morgan fingerprint density at radius 2 is 1.48 bits per heavy atom. The van der Waals surface area contributed by atoms with E-state index in [0.29, 0.717) is 71.8 Å². The van der Waals surface area contributed by atoms with Gasteiger partial charge < -0.3 is 49.9 Å². The number of ether oxygens (including phenoxy) is 3. The molecule has 2 aliphatic heterocycles. The SMILES string of the molecule is CCOC(=O)c1c(N)c(C#N)c(N2CCC[C@@H](NC(=O)OC(C)(C)C)C2)n1Cc1cc(F)ccc1Cl.COC(=O)c1nc2c(C#N)c(N3CCC[C@@H](N)C3)n(Cc3cc(F)ccc3Cl)c2c(=O)[nH]1.Cl. The molecule has 23 heteroatoms. The highest BCUT2D eigenvalue weighted by Gasteiger charge is 2.34. The molecule has 1 amide bonds. The molecule has 3 aromatic heterocycles. The molecule has 2 aromatic carbocycles. The number of nitrogens with two attached hydrogens (primary N) is 2. The van der Waals surface area contributed by atoms with Crippen molar-refractivity contribution >= 4 is 82.0 Å². The van der Waals surface area contributed by atoms with E-state index in [1.807, 2.05) is 9.80 Å². The molecule has 368 valence electrons. The maximum atomic E-state index is 14.0. The fraction of sp³-hybridized carbons (Fsp3) is 0.413. The van der Waals surface area contributed by atoms with Crippen LogP contribution in [0.5, 0.6) is 0 Å². The Labute approximate surface area is 412 Å². The van der Waals surface area contributed by atoms with Crippen LogP contribution in [-0.2, 0) is 27.3 Å². The van der Waals surface area contributed by atoms with Crippen molar-refractivity contribution in [1.82, 2.24) is 24.4 Å². The summed E-state index contributed by atoms with van der Waals surface area (Å²) < 4.78 is 46.3. The zero-order valence-electron chi connectivity index (χ0n) is 38.5. The molecule has 69 heavy (non-hydrogen) atoms. The van der Waals surface area contributed by atoms with Gasteiger partial charge in [-0.25, -0.2) is 28.1 Å². The first kappa shape index (κ1) is 53.4. The van der Waals surface area contributed by atoms with Crippen LogP contribution in [0.1, 0.15) is 96.7 Å². The number of amides is 1. The van der Waals surface area contributed by atoms with Crippen LogP contribution in [0.15, 0.2) is 41.2 Å². The maximum absolute atomic E-state index is 14.0. The van der Waals surface area contributed by atoms with E-state index in [-0.39, 0.29) is 83.6 Å². The highest BCUT2D eigenvalue weighted by atomic mass is 35.5. The van der Waals surface area contributed by atoms with Crippen molar-refractivity contribution in [1.29, 1.82) is 10.5 Å². The van der Waals surface area contributed by atoms with Crippen LogP contribution in [-0.4, -0.2) is 94.7 Å². The Kier molecular flexibility index (Phi) is 17.5. The molecule has 2 atom stereocenters. The second-order valence-corrected chi connectivity index (χ2v) is 17.9. The van der Waals surface area contributed by atoms with Gasteiger partial charge >= 0.3 is 18.0 Å². The fourth-order valence-electron chi connectivity index (χ4n) is 8.29. The van der Waals surface area contributed by atoms with Gasteiger partial charge in [-0.15, -0.1) is 12.4 Å². The Morgan fingerprint density at radius 3 is 2.03 bits per heavy atom. The third-order valence-corrected chi connectivity index (χ3v) is 11.8. The molecule has 0 aliphatic carbocycles. The van der Waals surface area contributed by atoms with E-state index in [2.05, 4.69) is 32.2 Å². The predicted molar refractivity (Wildman–Crippen MR) is 258 cm³/mol. The number of hydrogen-bond acceptors (Lipinski definition) is 14. The van der Waals surface area contributed by atoms with Gasteiger partial charge in [-0.1, -0.05) is 23.2 Å². The van der Waals surface area contributed by atoms with Gasteiger partial charge in [-0.3, -0.25) is 9.78 Å². The number of alkyl carbamates (subject to hydrolysis) is 1. The lowest BCUT2D eigenvalue weighted by Crippen LogP contribution is -2.49. The number of aromatic nitrogens is 4. The van der Waals surface area contributed by atoms with Gasteiger partial charge in [-0.05, 0) is 101 Å². The van der Waals surface area contributed by atoms with Crippen molar-refractivity contribution in [3.05, 3.63) is 102 Å². The van der Waals surface area contributed by atoms with E-state index >= 15 is 0 Å². The Morgan fingerprint density at radius 1 is 0.913 bits per heavy atom. The average Bonchev–Trinajstić information content (AvgIpc) is 3.75. The number of H-pyrrole nitrogens is 1. The summed E-state index contributed by atoms with van der Waals surface area (Å²) in [4.78, 5) is 60.7. The molecule has 2 saturated heterocycles. The number of anilines is 3. The Hall–Kier alpha value is -6.58. The summed E-state index contributed by atoms with van der Waals surface area (Å²) in [7, 11) is 1.16. The summed E-state index contributed by atoms with van der Waals surface area (Å²) in [5.74, 6) is -2.02. The molecule has 6 N–H and O–H groups in total. The molecular weight excluding hydrogens is 963 g/mol. The number of hydrogen-bond donors (Lipinski definition) is 4. The maximum Gasteiger partial charge on any atom is 0.407 e. The molecule has 0 spiro atoms. The Bertz CT molecular complexity index is 2890. The quantitative estimate of drug-likeness (QED) is 0.0810. The molecule has 7 rings (SSSR count). The van der Waals surface area contributed by atoms with E-state index in [0.717, 1.165) is 20.0 Å². The second kappa shape index (κ2) is 22.7. The molecule has 18 nitrogen and oxygen atoms in total. The number of carbonyl (C=O) groups is 3. The summed E-state index contributed by atoms with van der Waals surface area (Å²) >= 11 is 12.6. The number of nitrogen functional groups attached to an aromatic ring is 1. The molecule has 5 aromatic rings. The minimum Gasteiger partial charge on any atom is -0.463 e. The second-order valence-electron chi connectivity index (χ2n) is 17.1. The number of piperidine rings is 2. The zero-order chi connectivity index (χ0) is 49.6. The highest BCUT2D eigenvalue weighted by Crippen LogP contribution is 2.37. The van der Waals surface area contributed by atoms with Crippen LogP contribution in [0.25, 0.3) is 11.0 Å². The van der Waals surface area contributed by atoms with E-state index < -0.39 is 40.8 Å². The lowest BCUT2D eigenvalue weighted by Gasteiger charge is -2.35. The van der Waals surface area contributed by atoms with Crippen LogP contribution in [0, 0.1) is 34.3 Å². The number of halogens is 5. The van der Waals surface area contributed by atoms with Crippen molar-refractivity contribution in [2.45, 2.75) is 84.2 Å². The van der Waals surface area contributed by atoms with Crippen molar-refractivity contribution < 1.29 is 37.4 Å². The molecule has 0 bridgehead atoms. The lowest BCUT2D eigenvalue weighted by molar-refractivity contribution is 0.0495. The van der Waals surface area contributed by atoms with Crippen LogP contribution in [0.4, 0.5) is 30.9 Å². The molecule has 0 radical (unpaired) electrons. The summed E-state index contributed by atoms with van der Waals surface area (Å²) in [6.45, 7) is 9.06. The topological polar surface area (TPSA) is 253 Å². The largest absolute Gasteiger partial charge is 0.463 e. The number of methoxy groups -OCH3 is 1. The zero-order valence-corrected chi connectivity index (χ0v) is 40.8. The van der Waals surface area contributed by atoms with Crippen molar-refractivity contribution in [3.63, 3.8) is 0 Å². The smallest absolute Gasteiger partial charge is 0.407 e. The van der Waals surface area contributed by atoms with Crippen molar-refractivity contribution in [3.8, 4) is 12.1 Å². The van der Waals surface area contributed by atoms with Crippen LogP contribution in [0.2, 0.25) is 10.0 Å². The normalized spacial score (nSPS) is 15.8. The summed E-state index contributed by atoms with van der Waals surface area (Å²) in [5, 5.41) is 23.5. The first-order valence-electron chi connectivity index (χ1n) is 21.7. The predicted octanol–water partition coefficient (Wildman–Crippen LogP) is 7.03. The first-order chi connectivity index (χ1) is 32.3. The molecule has 0 saturated carbocycles. The van der Waals surface area contributed by atoms with Gasteiger partial charge in [0.05, 0.1) is 32.5 Å². The van der Waals surface area contributed by atoms with Gasteiger partial charge in [0.25, 0.3) is 5.56 Å². The number of fused-ring (bicyclic) bond motifs is 1. The first-order valence-corrected chi connectivity index (χ1v) is 22.4. The number of benzene rings is 2. The third-order valence-electron chi connectivity index (χ3n) is 11.1. The number of nitriles is 2. The van der Waals surface area contributed by atoms with E-state index in [4.69, 9.17) is 44.1 Å². The van der Waals surface area contributed by atoms with Crippen LogP contribution in [0.3, 0.4) is 0 Å². The fourth-order valence-corrected chi connectivity index (χ4v) is 8.64. The number of rotatable bonds is 10. The van der Waals surface area contributed by atoms with E-state index in [1.165, 1.54) is 36.4 Å². The van der Waals surface area contributed by atoms with Crippen LogP contribution < -0.4 is 32.1 Å². The molecular formula is C46H52Cl3F2N11O7. The highest BCUT2D eigenvalue weighted by molar-refractivity contribution is 6.31. The number of esters is 2. The summed E-state index contributed by atoms with van der Waals surface area (Å²) in [5.41, 5.74) is 12.3. The van der Waals surface area contributed by atoms with Gasteiger partial charge in [0, 0.05) is 48.3 Å². The van der Waals surface area contributed by atoms with Crippen molar-refractivity contribution in [2.24, 2.45) is 5.73 Å². The van der Waals surface area contributed by atoms with Gasteiger partial charge in [0.2, 0.25) is 5.82 Å². The van der Waals surface area contributed by atoms with Crippen LogP contribution >= 0.6 is 35.6 Å². The van der Waals surface area contributed by atoms with Crippen molar-refractivity contribution in [2.75, 3.05) is 55.4 Å². The third kappa shape index (κ3) is 12.2. The Balaban J connectivity index is 0.000000255. The van der Waals surface area contributed by atoms with Gasteiger partial charge in [-0.2, -0.15) is 10.5 Å². The minimum absolute atomic E-state index is 0. The number of carbonyl (C=O) groups excluding carboxylic acids is 3. The molecule has 2 fully saturated rings. The standard InChI is InChI=1S/C25H31ClFN5O4.C21H20ClFN6O3.ClH/c1-5-35-23(33)21-20(29)18(12-28)22(32(21)13-15-11-16(27)8-9-19(15)26)31-10-6-7-17(14-31)30-24(34)36-25(2,3)4;1-32-21(31)18-26-16-14(8-24)20(28-6-2-3-13(25)10-28)29(17(16)19(30)27-18)9-11-7-12(23)4-5-15(11)22;/h8-9,11,17H,5-7,10,13-14,29H2,1-4H3,(H,30,34);4-5,7,13H,2-3,6,9-10,25H2,1H3,(H,26,27,30);1H/t17-;13-;/m11./s1. The summed E-state index contributed by atoms with van der Waals surface area (Å²) in [6.07, 6.45) is 2.49. The molecule has 0 unspecified atom stereocenters. The van der Waals surface area contributed by atoms with Gasteiger partial charge in [0.1, 0.15) is 63.2 Å². The van der Waals surface area contributed by atoms with Gasteiger partial charge in [0.15, 0.2) is 5.69 Å². The molecule has 5 heterocycles. The van der Waals surface area contributed by atoms with E-state index in [1.54, 1.807) is 36.8 Å². The average molecular weight is 1020 g/mol. The molecule has 2 aliphatic rings. The van der Waals surface area contributed by atoms with E-state index in [9.17, 15) is 38.5 Å². The summed E-state index contributed by atoms with van der Waals surface area (Å²) in [6, 6.07) is 11.7.